The second-order valence-electron chi connectivity index (χ2n) is 4.17. The largest absolute Gasteiger partial charge is 0.394 e. The molecule has 5 nitrogen and oxygen atoms in total. The monoisotopic (exact) mass is 257 g/mol. The summed E-state index contributed by atoms with van der Waals surface area (Å²) in [4.78, 5) is 11.9. The van der Waals surface area contributed by atoms with Crippen molar-refractivity contribution in [3.05, 3.63) is 35.1 Å². The highest BCUT2D eigenvalue weighted by Gasteiger charge is 2.30. The van der Waals surface area contributed by atoms with E-state index in [2.05, 4.69) is 5.32 Å². The molecule has 0 saturated carbocycles. The van der Waals surface area contributed by atoms with Gasteiger partial charge >= 0.3 is 0 Å². The molecule has 100 valence electrons. The van der Waals surface area contributed by atoms with Crippen LogP contribution in [-0.2, 0) is 0 Å². The average molecular weight is 257 g/mol. The first-order valence-electron chi connectivity index (χ1n) is 5.39. The summed E-state index contributed by atoms with van der Waals surface area (Å²) in [5, 5.41) is 29.6. The maximum absolute atomic E-state index is 13.1. The third-order valence-electron chi connectivity index (χ3n) is 2.73. The topological polar surface area (TPSA) is 89.8 Å². The number of hydrogen-bond donors (Lipinski definition) is 4. The van der Waals surface area contributed by atoms with E-state index in [9.17, 15) is 9.18 Å². The molecule has 18 heavy (non-hydrogen) atoms. The van der Waals surface area contributed by atoms with E-state index in [0.717, 1.165) is 6.07 Å². The molecule has 4 N–H and O–H groups in total. The van der Waals surface area contributed by atoms with Crippen LogP contribution in [0.5, 0.6) is 0 Å². The van der Waals surface area contributed by atoms with Crippen molar-refractivity contribution in [2.75, 3.05) is 19.8 Å². The lowest BCUT2D eigenvalue weighted by atomic mass is 10.0. The summed E-state index contributed by atoms with van der Waals surface area (Å²) in [5.41, 5.74) is -0.873. The lowest BCUT2D eigenvalue weighted by Crippen LogP contribution is -2.57. The highest BCUT2D eigenvalue weighted by Crippen LogP contribution is 2.12. The Balaban J connectivity index is 2.97. The summed E-state index contributed by atoms with van der Waals surface area (Å²) in [6.45, 7) is -0.243. The molecule has 0 heterocycles. The van der Waals surface area contributed by atoms with Gasteiger partial charge in [-0.05, 0) is 24.6 Å². The predicted molar refractivity (Wildman–Crippen MR) is 62.6 cm³/mol. The molecule has 1 amide bonds. The van der Waals surface area contributed by atoms with Gasteiger partial charge in [-0.15, -0.1) is 0 Å². The summed E-state index contributed by atoms with van der Waals surface area (Å²) in [7, 11) is 0. The predicted octanol–water partition coefficient (Wildman–Crippen LogP) is -0.420. The molecule has 0 radical (unpaired) electrons. The van der Waals surface area contributed by atoms with Gasteiger partial charge in [-0.2, -0.15) is 0 Å². The van der Waals surface area contributed by atoms with Crippen molar-refractivity contribution in [3.63, 3.8) is 0 Å². The molecule has 0 aliphatic carbocycles. The van der Waals surface area contributed by atoms with Gasteiger partial charge in [0, 0.05) is 5.56 Å². The van der Waals surface area contributed by atoms with E-state index >= 15 is 0 Å². The van der Waals surface area contributed by atoms with Gasteiger partial charge in [0.15, 0.2) is 0 Å². The van der Waals surface area contributed by atoms with Crippen LogP contribution in [0.3, 0.4) is 0 Å². The average Bonchev–Trinajstić information content (AvgIpc) is 2.38. The molecule has 1 rings (SSSR count). The Morgan fingerprint density at radius 2 is 1.83 bits per heavy atom. The van der Waals surface area contributed by atoms with E-state index in [1.54, 1.807) is 6.92 Å². The lowest BCUT2D eigenvalue weighted by molar-refractivity contribution is 0.0375. The molecule has 0 bridgehead atoms. The number of benzene rings is 1. The zero-order valence-corrected chi connectivity index (χ0v) is 9.98. The first-order chi connectivity index (χ1) is 8.48. The van der Waals surface area contributed by atoms with Crippen LogP contribution < -0.4 is 5.32 Å². The van der Waals surface area contributed by atoms with Gasteiger partial charge in [-0.3, -0.25) is 4.79 Å². The third kappa shape index (κ3) is 3.04. The fourth-order valence-corrected chi connectivity index (χ4v) is 1.42. The van der Waals surface area contributed by atoms with Gasteiger partial charge in [-0.1, -0.05) is 6.07 Å². The quantitative estimate of drug-likeness (QED) is 0.577. The number of carbonyl (C=O) groups excluding carboxylic acids is 1. The van der Waals surface area contributed by atoms with E-state index in [0.29, 0.717) is 5.56 Å². The van der Waals surface area contributed by atoms with Gasteiger partial charge in [0.1, 0.15) is 11.4 Å². The van der Waals surface area contributed by atoms with Gasteiger partial charge in [-0.25, -0.2) is 4.39 Å². The molecule has 0 aromatic heterocycles. The molecule has 0 fully saturated rings. The van der Waals surface area contributed by atoms with Crippen LogP contribution in [0.4, 0.5) is 4.39 Å². The SMILES string of the molecule is Cc1ccc(F)cc1C(=O)NC(CO)(CO)CO. The van der Waals surface area contributed by atoms with E-state index in [1.165, 1.54) is 12.1 Å². The molecule has 0 unspecified atom stereocenters. The number of amides is 1. The zero-order chi connectivity index (χ0) is 13.8. The van der Waals surface area contributed by atoms with Crippen molar-refractivity contribution in [2.45, 2.75) is 12.5 Å². The van der Waals surface area contributed by atoms with Crippen molar-refractivity contribution in [3.8, 4) is 0 Å². The Morgan fingerprint density at radius 1 is 1.28 bits per heavy atom. The Bertz CT molecular complexity index is 424. The highest BCUT2D eigenvalue weighted by molar-refractivity contribution is 5.96. The number of aryl methyl sites for hydroxylation is 1. The molecule has 0 aliphatic heterocycles. The molecule has 0 saturated heterocycles. The summed E-state index contributed by atoms with van der Waals surface area (Å²) in [6.07, 6.45) is 0. The van der Waals surface area contributed by atoms with Crippen LogP contribution >= 0.6 is 0 Å². The smallest absolute Gasteiger partial charge is 0.252 e. The minimum absolute atomic E-state index is 0.0923. The van der Waals surface area contributed by atoms with Crippen LogP contribution in [0.2, 0.25) is 0 Å². The summed E-state index contributed by atoms with van der Waals surface area (Å²) in [5.74, 6) is -1.22. The molecule has 0 spiro atoms. The fraction of sp³-hybridized carbons (Fsp3) is 0.417. The number of aliphatic hydroxyl groups is 3. The van der Waals surface area contributed by atoms with Crippen LogP contribution in [0.25, 0.3) is 0 Å². The normalized spacial score (nSPS) is 11.4. The number of aliphatic hydroxyl groups excluding tert-OH is 3. The second-order valence-corrected chi connectivity index (χ2v) is 4.17. The Hall–Kier alpha value is -1.50. The van der Waals surface area contributed by atoms with Crippen LogP contribution in [0.1, 0.15) is 15.9 Å². The van der Waals surface area contributed by atoms with E-state index < -0.39 is 37.1 Å². The molecule has 0 atom stereocenters. The lowest BCUT2D eigenvalue weighted by Gasteiger charge is -2.28. The molecule has 1 aromatic carbocycles. The summed E-state index contributed by atoms with van der Waals surface area (Å²) in [6, 6.07) is 3.73. The Labute approximate surface area is 104 Å². The number of rotatable bonds is 5. The molecular formula is C12H16FNO4. The third-order valence-corrected chi connectivity index (χ3v) is 2.73. The summed E-state index contributed by atoms with van der Waals surface area (Å²) >= 11 is 0. The van der Waals surface area contributed by atoms with Gasteiger partial charge in [0.05, 0.1) is 19.8 Å². The Morgan fingerprint density at radius 3 is 2.33 bits per heavy atom. The highest BCUT2D eigenvalue weighted by atomic mass is 19.1. The minimum atomic E-state index is -1.52. The molecule has 6 heteroatoms. The van der Waals surface area contributed by atoms with Crippen molar-refractivity contribution < 1.29 is 24.5 Å². The maximum Gasteiger partial charge on any atom is 0.252 e. The van der Waals surface area contributed by atoms with Gasteiger partial charge in [0.25, 0.3) is 5.91 Å². The van der Waals surface area contributed by atoms with E-state index in [1.807, 2.05) is 0 Å². The van der Waals surface area contributed by atoms with Crippen LogP contribution in [0, 0.1) is 12.7 Å². The molecule has 1 aromatic rings. The number of carbonyl (C=O) groups is 1. The zero-order valence-electron chi connectivity index (χ0n) is 9.98. The van der Waals surface area contributed by atoms with Crippen molar-refractivity contribution in [2.24, 2.45) is 0 Å². The first kappa shape index (κ1) is 14.6. The van der Waals surface area contributed by atoms with Gasteiger partial charge in [0.2, 0.25) is 0 Å². The van der Waals surface area contributed by atoms with Crippen molar-refractivity contribution in [1.29, 1.82) is 0 Å². The number of halogens is 1. The van der Waals surface area contributed by atoms with Crippen LogP contribution in [0.15, 0.2) is 18.2 Å². The maximum atomic E-state index is 13.1. The van der Waals surface area contributed by atoms with Crippen LogP contribution in [-0.4, -0.2) is 46.6 Å². The van der Waals surface area contributed by atoms with E-state index in [4.69, 9.17) is 15.3 Å². The van der Waals surface area contributed by atoms with Crippen molar-refractivity contribution >= 4 is 5.91 Å². The number of nitrogens with one attached hydrogen (secondary N) is 1. The van der Waals surface area contributed by atoms with Gasteiger partial charge < -0.3 is 20.6 Å². The van der Waals surface area contributed by atoms with Crippen molar-refractivity contribution in [1.82, 2.24) is 5.32 Å². The first-order valence-corrected chi connectivity index (χ1v) is 5.39. The standard InChI is InChI=1S/C12H16FNO4/c1-8-2-3-9(13)4-10(8)11(18)14-12(5-15,6-16)7-17/h2-4,15-17H,5-7H2,1H3,(H,14,18). The molecular weight excluding hydrogens is 241 g/mol. The second kappa shape index (κ2) is 5.90. The molecule has 0 aliphatic rings. The Kier molecular flexibility index (Phi) is 4.77. The number of hydrogen-bond acceptors (Lipinski definition) is 4. The fourth-order valence-electron chi connectivity index (χ4n) is 1.42. The minimum Gasteiger partial charge on any atom is -0.394 e. The van der Waals surface area contributed by atoms with E-state index in [-0.39, 0.29) is 5.56 Å². The summed E-state index contributed by atoms with van der Waals surface area (Å²) < 4.78 is 13.1.